The number of aryl methyl sites for hydroxylation is 2. The van der Waals surface area contributed by atoms with E-state index in [1.165, 1.54) is 30.4 Å². The van der Waals surface area contributed by atoms with Gasteiger partial charge in [0.15, 0.2) is 0 Å². The van der Waals surface area contributed by atoms with E-state index < -0.39 is 0 Å². The molecule has 0 amide bonds. The Bertz CT molecular complexity index is 450. The van der Waals surface area contributed by atoms with Crippen molar-refractivity contribution in [3.8, 4) is 5.75 Å². The maximum atomic E-state index is 5.92. The first-order chi connectivity index (χ1) is 9.70. The number of rotatable bonds is 4. The third kappa shape index (κ3) is 3.33. The predicted octanol–water partition coefficient (Wildman–Crippen LogP) is 2.66. The van der Waals surface area contributed by atoms with Crippen LogP contribution >= 0.6 is 0 Å². The van der Waals surface area contributed by atoms with Crippen LogP contribution in [-0.2, 0) is 17.6 Å². The Labute approximate surface area is 121 Å². The smallest absolute Gasteiger partial charge is 0.119 e. The molecule has 2 unspecified atom stereocenters. The highest BCUT2D eigenvalue weighted by molar-refractivity contribution is 5.38. The molecule has 110 valence electrons. The molecule has 1 aromatic carbocycles. The summed E-state index contributed by atoms with van der Waals surface area (Å²) in [6.07, 6.45) is 4.41. The summed E-state index contributed by atoms with van der Waals surface area (Å²) < 4.78 is 11.7. The van der Waals surface area contributed by atoms with Crippen LogP contribution in [0.4, 0.5) is 0 Å². The van der Waals surface area contributed by atoms with Crippen molar-refractivity contribution in [1.29, 1.82) is 0 Å². The molecule has 3 heteroatoms. The van der Waals surface area contributed by atoms with E-state index in [0.717, 1.165) is 32.0 Å². The molecule has 2 atom stereocenters. The van der Waals surface area contributed by atoms with E-state index in [1.807, 2.05) is 0 Å². The highest BCUT2D eigenvalue weighted by atomic mass is 16.5. The number of benzene rings is 1. The van der Waals surface area contributed by atoms with Crippen LogP contribution in [0.2, 0.25) is 0 Å². The molecule has 0 spiro atoms. The standard InChI is InChI=1S/C17H25NO2/c1-13-11-18(12-14(2)20-13)8-9-19-17-7-6-15-4-3-5-16(15)10-17/h6-7,10,13-14H,3-5,8-9,11-12H2,1-2H3. The fourth-order valence-electron chi connectivity index (χ4n) is 3.40. The zero-order valence-electron chi connectivity index (χ0n) is 12.6. The van der Waals surface area contributed by atoms with Crippen molar-refractivity contribution in [2.24, 2.45) is 0 Å². The Hall–Kier alpha value is -1.06. The summed E-state index contributed by atoms with van der Waals surface area (Å²) >= 11 is 0. The van der Waals surface area contributed by atoms with Gasteiger partial charge in [-0.2, -0.15) is 0 Å². The van der Waals surface area contributed by atoms with E-state index in [-0.39, 0.29) is 0 Å². The van der Waals surface area contributed by atoms with Crippen molar-refractivity contribution in [3.63, 3.8) is 0 Å². The van der Waals surface area contributed by atoms with Crippen LogP contribution in [0, 0.1) is 0 Å². The molecule has 1 aliphatic carbocycles. The molecule has 0 aromatic heterocycles. The van der Waals surface area contributed by atoms with Crippen molar-refractivity contribution in [3.05, 3.63) is 29.3 Å². The minimum absolute atomic E-state index is 0.332. The number of fused-ring (bicyclic) bond motifs is 1. The Morgan fingerprint density at radius 1 is 1.15 bits per heavy atom. The predicted molar refractivity (Wildman–Crippen MR) is 80.4 cm³/mol. The summed E-state index contributed by atoms with van der Waals surface area (Å²) in [7, 11) is 0. The third-order valence-electron chi connectivity index (χ3n) is 4.24. The fraction of sp³-hybridized carbons (Fsp3) is 0.647. The van der Waals surface area contributed by atoms with Crippen LogP contribution in [0.1, 0.15) is 31.4 Å². The van der Waals surface area contributed by atoms with E-state index in [1.54, 1.807) is 0 Å². The van der Waals surface area contributed by atoms with Gasteiger partial charge >= 0.3 is 0 Å². The zero-order chi connectivity index (χ0) is 13.9. The Morgan fingerprint density at radius 2 is 1.90 bits per heavy atom. The van der Waals surface area contributed by atoms with Gasteiger partial charge < -0.3 is 9.47 Å². The van der Waals surface area contributed by atoms with Crippen LogP contribution < -0.4 is 4.74 Å². The average Bonchev–Trinajstić information content (AvgIpc) is 2.85. The van der Waals surface area contributed by atoms with Gasteiger partial charge in [0, 0.05) is 19.6 Å². The van der Waals surface area contributed by atoms with E-state index >= 15 is 0 Å². The lowest BCUT2D eigenvalue weighted by molar-refractivity contribution is -0.0699. The first-order valence-corrected chi connectivity index (χ1v) is 7.83. The third-order valence-corrected chi connectivity index (χ3v) is 4.24. The molecule has 0 N–H and O–H groups in total. The van der Waals surface area contributed by atoms with Gasteiger partial charge in [-0.15, -0.1) is 0 Å². The minimum atomic E-state index is 0.332. The topological polar surface area (TPSA) is 21.7 Å². The van der Waals surface area contributed by atoms with E-state index in [9.17, 15) is 0 Å². The Morgan fingerprint density at radius 3 is 2.70 bits per heavy atom. The fourth-order valence-corrected chi connectivity index (χ4v) is 3.40. The summed E-state index contributed by atoms with van der Waals surface area (Å²) in [5, 5.41) is 0. The summed E-state index contributed by atoms with van der Waals surface area (Å²) in [4.78, 5) is 2.44. The second-order valence-corrected chi connectivity index (χ2v) is 6.15. The van der Waals surface area contributed by atoms with Crippen molar-refractivity contribution < 1.29 is 9.47 Å². The molecular weight excluding hydrogens is 250 g/mol. The molecule has 20 heavy (non-hydrogen) atoms. The summed E-state index contributed by atoms with van der Waals surface area (Å²) in [6, 6.07) is 6.58. The van der Waals surface area contributed by atoms with Gasteiger partial charge in [-0.05, 0) is 56.4 Å². The number of morpholine rings is 1. The number of ether oxygens (including phenoxy) is 2. The van der Waals surface area contributed by atoms with Crippen molar-refractivity contribution in [2.45, 2.75) is 45.3 Å². The second-order valence-electron chi connectivity index (χ2n) is 6.15. The van der Waals surface area contributed by atoms with Crippen LogP contribution in [0.25, 0.3) is 0 Å². The van der Waals surface area contributed by atoms with Gasteiger partial charge in [-0.25, -0.2) is 0 Å². The van der Waals surface area contributed by atoms with E-state index in [4.69, 9.17) is 9.47 Å². The molecule has 0 radical (unpaired) electrons. The maximum absolute atomic E-state index is 5.92. The highest BCUT2D eigenvalue weighted by Gasteiger charge is 2.21. The molecule has 1 heterocycles. The monoisotopic (exact) mass is 275 g/mol. The molecule has 1 aromatic rings. The van der Waals surface area contributed by atoms with Gasteiger partial charge in [-0.1, -0.05) is 6.07 Å². The molecule has 3 rings (SSSR count). The van der Waals surface area contributed by atoms with E-state index in [2.05, 4.69) is 36.9 Å². The second kappa shape index (κ2) is 6.15. The summed E-state index contributed by atoms with van der Waals surface area (Å²) in [6.45, 7) is 8.05. The SMILES string of the molecule is CC1CN(CCOc2ccc3c(c2)CCC3)CC(C)O1. The van der Waals surface area contributed by atoms with Gasteiger partial charge in [0.2, 0.25) is 0 Å². The van der Waals surface area contributed by atoms with Gasteiger partial charge in [0.05, 0.1) is 12.2 Å². The minimum Gasteiger partial charge on any atom is -0.492 e. The lowest BCUT2D eigenvalue weighted by Gasteiger charge is -2.35. The molecule has 0 saturated carbocycles. The van der Waals surface area contributed by atoms with Gasteiger partial charge in [-0.3, -0.25) is 4.90 Å². The Balaban J connectivity index is 1.48. The zero-order valence-corrected chi connectivity index (χ0v) is 12.6. The maximum Gasteiger partial charge on any atom is 0.119 e. The molecule has 0 bridgehead atoms. The Kier molecular flexibility index (Phi) is 4.27. The molecule has 2 aliphatic rings. The normalized spacial score (nSPS) is 26.5. The van der Waals surface area contributed by atoms with Crippen molar-refractivity contribution in [1.82, 2.24) is 4.90 Å². The molecule has 1 fully saturated rings. The quantitative estimate of drug-likeness (QED) is 0.843. The lowest BCUT2D eigenvalue weighted by Crippen LogP contribution is -2.46. The molecule has 1 aliphatic heterocycles. The lowest BCUT2D eigenvalue weighted by atomic mass is 10.1. The van der Waals surface area contributed by atoms with Crippen LogP contribution in [0.3, 0.4) is 0 Å². The number of hydrogen-bond donors (Lipinski definition) is 0. The summed E-state index contributed by atoms with van der Waals surface area (Å²) in [5.74, 6) is 1.03. The highest BCUT2D eigenvalue weighted by Crippen LogP contribution is 2.26. The summed E-state index contributed by atoms with van der Waals surface area (Å²) in [5.41, 5.74) is 2.99. The van der Waals surface area contributed by atoms with Crippen LogP contribution in [0.5, 0.6) is 5.75 Å². The van der Waals surface area contributed by atoms with Crippen LogP contribution in [-0.4, -0.2) is 43.3 Å². The first-order valence-electron chi connectivity index (χ1n) is 7.83. The van der Waals surface area contributed by atoms with E-state index in [0.29, 0.717) is 12.2 Å². The van der Waals surface area contributed by atoms with Crippen molar-refractivity contribution >= 4 is 0 Å². The first kappa shape index (κ1) is 13.9. The average molecular weight is 275 g/mol. The van der Waals surface area contributed by atoms with Gasteiger partial charge in [0.25, 0.3) is 0 Å². The number of hydrogen-bond acceptors (Lipinski definition) is 3. The number of nitrogens with zero attached hydrogens (tertiary/aromatic N) is 1. The van der Waals surface area contributed by atoms with Crippen molar-refractivity contribution in [2.75, 3.05) is 26.2 Å². The largest absolute Gasteiger partial charge is 0.492 e. The molecule has 3 nitrogen and oxygen atoms in total. The van der Waals surface area contributed by atoms with Crippen LogP contribution in [0.15, 0.2) is 18.2 Å². The van der Waals surface area contributed by atoms with Gasteiger partial charge in [0.1, 0.15) is 12.4 Å². The molecular formula is C17H25NO2. The molecule has 1 saturated heterocycles.